The number of aliphatic hydroxyl groups excluding tert-OH is 1. The minimum Gasteiger partial charge on any atom is -0.393 e. The highest BCUT2D eigenvalue weighted by molar-refractivity contribution is 5.27. The van der Waals surface area contributed by atoms with Crippen LogP contribution in [-0.2, 0) is 9.78 Å². The van der Waals surface area contributed by atoms with E-state index in [0.717, 1.165) is 44.9 Å². The summed E-state index contributed by atoms with van der Waals surface area (Å²) in [4.78, 5) is 10.8. The van der Waals surface area contributed by atoms with Crippen molar-refractivity contribution in [2.75, 3.05) is 0 Å². The van der Waals surface area contributed by atoms with E-state index in [9.17, 15) is 10.2 Å². The van der Waals surface area contributed by atoms with Gasteiger partial charge < -0.3 is 10.2 Å². The van der Waals surface area contributed by atoms with Crippen molar-refractivity contribution in [1.82, 2.24) is 0 Å². The lowest BCUT2D eigenvalue weighted by atomic mass is 9.46. The average Bonchev–Trinajstić information content (AvgIpc) is 2.90. The van der Waals surface area contributed by atoms with Crippen LogP contribution in [0.5, 0.6) is 0 Å². The number of fused-ring (bicyclic) bond motifs is 6. The minimum atomic E-state index is -1.15. The second-order valence-electron chi connectivity index (χ2n) is 10.1. The lowest BCUT2D eigenvalue weighted by Crippen LogP contribution is -2.72. The first kappa shape index (κ1) is 16.7. The van der Waals surface area contributed by atoms with Crippen molar-refractivity contribution in [1.29, 1.82) is 0 Å². The summed E-state index contributed by atoms with van der Waals surface area (Å²) in [7, 11) is 0. The number of hydrogen-bond acceptors (Lipinski definition) is 4. The third-order valence-corrected chi connectivity index (χ3v) is 9.29. The Labute approximate surface area is 150 Å². The monoisotopic (exact) mass is 348 g/mol. The molecule has 1 spiro atoms. The lowest BCUT2D eigenvalue weighted by Gasteiger charge is -2.63. The van der Waals surface area contributed by atoms with Gasteiger partial charge in [0.15, 0.2) is 5.60 Å². The zero-order chi connectivity index (χ0) is 17.7. The molecule has 140 valence electrons. The Morgan fingerprint density at radius 2 is 1.76 bits per heavy atom. The molecule has 8 atom stereocenters. The molecule has 2 unspecified atom stereocenters. The Morgan fingerprint density at radius 3 is 2.44 bits per heavy atom. The van der Waals surface area contributed by atoms with Gasteiger partial charge in [0.2, 0.25) is 5.79 Å². The summed E-state index contributed by atoms with van der Waals surface area (Å²) >= 11 is 0. The third-order valence-electron chi connectivity index (χ3n) is 9.29. The summed E-state index contributed by atoms with van der Waals surface area (Å²) in [5.41, 5.74) is 1.24. The molecular formula is C21H32O4. The fourth-order valence-corrected chi connectivity index (χ4v) is 7.80. The van der Waals surface area contributed by atoms with Gasteiger partial charge in [-0.2, -0.15) is 4.89 Å². The standard InChI is InChI=1S/C21H32O4/c1-18-9-6-14(22)12-13(18)4-5-15-16(18)7-10-19(2)17(15)8-11-21(19)20(3,23)24-25-21/h4,14-17,22-23H,5-12H2,1-3H3/t14-,15+,16-,17-,18-,19-,20?,21?/m0/s1. The Kier molecular flexibility index (Phi) is 3.27. The zero-order valence-electron chi connectivity index (χ0n) is 15.8. The first-order chi connectivity index (χ1) is 11.7. The third kappa shape index (κ3) is 1.82. The van der Waals surface area contributed by atoms with Crippen LogP contribution in [0.3, 0.4) is 0 Å². The molecule has 1 saturated heterocycles. The van der Waals surface area contributed by atoms with Crippen LogP contribution in [0.1, 0.15) is 72.1 Å². The summed E-state index contributed by atoms with van der Waals surface area (Å²) in [6.45, 7) is 6.57. The van der Waals surface area contributed by atoms with E-state index in [1.165, 1.54) is 12.0 Å². The summed E-state index contributed by atoms with van der Waals surface area (Å²) in [6.07, 6.45) is 10.7. The molecule has 5 rings (SSSR count). The number of allylic oxidation sites excluding steroid dienone is 1. The largest absolute Gasteiger partial charge is 0.393 e. The number of aliphatic hydroxyl groups is 2. The molecule has 1 heterocycles. The molecule has 5 aliphatic rings. The van der Waals surface area contributed by atoms with Crippen molar-refractivity contribution >= 4 is 0 Å². The molecule has 0 aromatic carbocycles. The molecule has 25 heavy (non-hydrogen) atoms. The van der Waals surface area contributed by atoms with Crippen LogP contribution in [0, 0.1) is 28.6 Å². The Bertz CT molecular complexity index is 627. The number of rotatable bonds is 0. The Hall–Kier alpha value is -0.420. The van der Waals surface area contributed by atoms with E-state index in [4.69, 9.17) is 9.78 Å². The van der Waals surface area contributed by atoms with Gasteiger partial charge in [0.05, 0.1) is 6.10 Å². The molecule has 4 nitrogen and oxygen atoms in total. The van der Waals surface area contributed by atoms with E-state index >= 15 is 0 Å². The average molecular weight is 348 g/mol. The zero-order valence-corrected chi connectivity index (χ0v) is 15.8. The van der Waals surface area contributed by atoms with Gasteiger partial charge in [-0.3, -0.25) is 0 Å². The normalized spacial score (nSPS) is 60.3. The molecular weight excluding hydrogens is 316 g/mol. The molecule has 0 bridgehead atoms. The second-order valence-corrected chi connectivity index (χ2v) is 10.1. The summed E-state index contributed by atoms with van der Waals surface area (Å²) < 4.78 is 0. The van der Waals surface area contributed by atoms with Gasteiger partial charge >= 0.3 is 0 Å². The summed E-state index contributed by atoms with van der Waals surface area (Å²) in [5, 5.41) is 20.9. The van der Waals surface area contributed by atoms with Gasteiger partial charge in [-0.05, 0) is 81.5 Å². The highest BCUT2D eigenvalue weighted by atomic mass is 17.3. The molecule has 3 saturated carbocycles. The van der Waals surface area contributed by atoms with E-state index in [1.807, 2.05) is 0 Å². The number of hydrogen-bond donors (Lipinski definition) is 2. The molecule has 0 aromatic rings. The molecule has 0 aromatic heterocycles. The predicted octanol–water partition coefficient (Wildman–Crippen LogP) is 3.72. The van der Waals surface area contributed by atoms with Crippen LogP contribution in [0.25, 0.3) is 0 Å². The van der Waals surface area contributed by atoms with Crippen molar-refractivity contribution in [2.24, 2.45) is 28.6 Å². The van der Waals surface area contributed by atoms with Crippen LogP contribution < -0.4 is 0 Å². The van der Waals surface area contributed by atoms with Gasteiger partial charge in [-0.1, -0.05) is 25.5 Å². The van der Waals surface area contributed by atoms with E-state index in [0.29, 0.717) is 17.8 Å². The van der Waals surface area contributed by atoms with Crippen LogP contribution in [0.15, 0.2) is 11.6 Å². The smallest absolute Gasteiger partial charge is 0.229 e. The first-order valence-electron chi connectivity index (χ1n) is 10.2. The maximum atomic E-state index is 10.7. The maximum Gasteiger partial charge on any atom is 0.229 e. The molecule has 2 N–H and O–H groups in total. The highest BCUT2D eigenvalue weighted by Gasteiger charge is 2.76. The van der Waals surface area contributed by atoms with Crippen LogP contribution in [0.2, 0.25) is 0 Å². The lowest BCUT2D eigenvalue weighted by molar-refractivity contribution is -0.617. The second kappa shape index (κ2) is 4.89. The van der Waals surface area contributed by atoms with Gasteiger partial charge in [-0.25, -0.2) is 4.89 Å². The summed E-state index contributed by atoms with van der Waals surface area (Å²) in [6, 6.07) is 0. The molecule has 0 radical (unpaired) electrons. The fraction of sp³-hybridized carbons (Fsp3) is 0.905. The predicted molar refractivity (Wildman–Crippen MR) is 93.2 cm³/mol. The van der Waals surface area contributed by atoms with Crippen molar-refractivity contribution in [3.8, 4) is 0 Å². The van der Waals surface area contributed by atoms with Crippen molar-refractivity contribution in [3.05, 3.63) is 11.6 Å². The Balaban J connectivity index is 1.50. The SMILES string of the molecule is CC1(O)OOC12CC[C@H]1[C@@H]3CC=C4C[C@@H](O)CC[C@]4(C)[C@H]3CC[C@@]12C. The minimum absolute atomic E-state index is 0.00813. The van der Waals surface area contributed by atoms with E-state index in [1.54, 1.807) is 6.92 Å². The topological polar surface area (TPSA) is 58.9 Å². The molecule has 4 fully saturated rings. The van der Waals surface area contributed by atoms with Gasteiger partial charge in [0.1, 0.15) is 0 Å². The summed E-state index contributed by atoms with van der Waals surface area (Å²) in [5.74, 6) is 0.807. The maximum absolute atomic E-state index is 10.7. The van der Waals surface area contributed by atoms with Crippen molar-refractivity contribution < 1.29 is 20.0 Å². The van der Waals surface area contributed by atoms with Gasteiger partial charge in [0, 0.05) is 5.41 Å². The van der Waals surface area contributed by atoms with Crippen LogP contribution in [-0.4, -0.2) is 27.7 Å². The van der Waals surface area contributed by atoms with Gasteiger partial charge in [-0.15, -0.1) is 0 Å². The van der Waals surface area contributed by atoms with E-state index in [2.05, 4.69) is 19.9 Å². The van der Waals surface area contributed by atoms with E-state index < -0.39 is 11.4 Å². The molecule has 4 aliphatic carbocycles. The molecule has 4 heteroatoms. The molecule has 0 amide bonds. The fourth-order valence-electron chi connectivity index (χ4n) is 7.80. The highest BCUT2D eigenvalue weighted by Crippen LogP contribution is 2.71. The quantitative estimate of drug-likeness (QED) is 0.517. The van der Waals surface area contributed by atoms with Crippen LogP contribution in [0.4, 0.5) is 0 Å². The van der Waals surface area contributed by atoms with E-state index in [-0.39, 0.29) is 16.9 Å². The Morgan fingerprint density at radius 1 is 1.00 bits per heavy atom. The first-order valence-corrected chi connectivity index (χ1v) is 10.2. The van der Waals surface area contributed by atoms with Crippen molar-refractivity contribution in [3.63, 3.8) is 0 Å². The van der Waals surface area contributed by atoms with Crippen LogP contribution >= 0.6 is 0 Å². The van der Waals surface area contributed by atoms with Crippen molar-refractivity contribution in [2.45, 2.75) is 89.6 Å². The van der Waals surface area contributed by atoms with Gasteiger partial charge in [0.25, 0.3) is 0 Å². The molecule has 1 aliphatic heterocycles.